The average Bonchev–Trinajstić information content (AvgIpc) is 3.26. The maximum atomic E-state index is 12.7. The Balaban J connectivity index is 1.72. The van der Waals surface area contributed by atoms with Gasteiger partial charge in [0.1, 0.15) is 22.6 Å². The SMILES string of the molecule is CC1(C)[C@@H](C=C(Cl)C(F)(F)F)[C@@H]1C(=O)O[C@H](C#N)c1cccc(Oc2ccccc2)c1. The van der Waals surface area contributed by atoms with Crippen molar-refractivity contribution in [1.29, 1.82) is 5.26 Å². The monoisotopic (exact) mass is 449 g/mol. The molecule has 0 spiro atoms. The third-order valence-corrected chi connectivity index (χ3v) is 5.59. The minimum absolute atomic E-state index is 0.392. The number of carbonyl (C=O) groups is 1. The van der Waals surface area contributed by atoms with Crippen molar-refractivity contribution in [3.05, 3.63) is 71.3 Å². The molecule has 0 aliphatic heterocycles. The van der Waals surface area contributed by atoms with Crippen LogP contribution < -0.4 is 4.74 Å². The standard InChI is InChI=1S/C23H19ClF3NO3/c1-22(2)17(12-19(24)23(25,26)27)20(22)21(29)31-18(13-28)14-7-6-10-16(11-14)30-15-8-4-3-5-9-15/h3-12,17-18,20H,1-2H3/t17-,18+,20+/m0/s1. The molecular weight excluding hydrogens is 431 g/mol. The second kappa shape index (κ2) is 8.64. The van der Waals surface area contributed by atoms with Gasteiger partial charge in [0.2, 0.25) is 6.10 Å². The molecular formula is C23H19ClF3NO3. The first kappa shape index (κ1) is 22.7. The quantitative estimate of drug-likeness (QED) is 0.469. The summed E-state index contributed by atoms with van der Waals surface area (Å²) in [4.78, 5) is 12.6. The summed E-state index contributed by atoms with van der Waals surface area (Å²) in [6.07, 6.45) is -5.07. The van der Waals surface area contributed by atoms with Crippen LogP contribution in [-0.2, 0) is 9.53 Å². The molecule has 1 fully saturated rings. The minimum Gasteiger partial charge on any atom is -0.457 e. The van der Waals surface area contributed by atoms with E-state index in [0.717, 1.165) is 6.08 Å². The number of alkyl halides is 3. The van der Waals surface area contributed by atoms with Crippen LogP contribution in [0.5, 0.6) is 11.5 Å². The first-order chi connectivity index (χ1) is 14.5. The van der Waals surface area contributed by atoms with Crippen LogP contribution in [0.3, 0.4) is 0 Å². The van der Waals surface area contributed by atoms with E-state index in [1.165, 1.54) is 0 Å². The van der Waals surface area contributed by atoms with Crippen LogP contribution in [0.15, 0.2) is 65.7 Å². The molecule has 4 nitrogen and oxygen atoms in total. The lowest BCUT2D eigenvalue weighted by Gasteiger charge is -2.13. The summed E-state index contributed by atoms with van der Waals surface area (Å²) in [6.45, 7) is 3.30. The lowest BCUT2D eigenvalue weighted by Crippen LogP contribution is -2.14. The van der Waals surface area contributed by atoms with E-state index in [2.05, 4.69) is 0 Å². The highest BCUT2D eigenvalue weighted by molar-refractivity contribution is 6.30. The molecule has 0 aromatic heterocycles. The molecule has 31 heavy (non-hydrogen) atoms. The summed E-state index contributed by atoms with van der Waals surface area (Å²) in [5.74, 6) is -1.27. The number of para-hydroxylation sites is 1. The van der Waals surface area contributed by atoms with Crippen molar-refractivity contribution in [2.75, 3.05) is 0 Å². The average molecular weight is 450 g/mol. The van der Waals surface area contributed by atoms with E-state index in [1.807, 2.05) is 24.3 Å². The minimum atomic E-state index is -4.68. The summed E-state index contributed by atoms with van der Waals surface area (Å²) in [6, 6.07) is 17.4. The van der Waals surface area contributed by atoms with E-state index in [-0.39, 0.29) is 0 Å². The molecule has 8 heteroatoms. The van der Waals surface area contributed by atoms with Gasteiger partial charge < -0.3 is 9.47 Å². The van der Waals surface area contributed by atoms with Gasteiger partial charge in [0, 0.05) is 5.56 Å². The van der Waals surface area contributed by atoms with E-state index >= 15 is 0 Å². The zero-order chi connectivity index (χ0) is 22.8. The summed E-state index contributed by atoms with van der Waals surface area (Å²) in [5, 5.41) is 8.23. The number of nitrogens with zero attached hydrogens (tertiary/aromatic N) is 1. The van der Waals surface area contributed by atoms with Crippen molar-refractivity contribution in [3.8, 4) is 17.6 Å². The highest BCUT2D eigenvalue weighted by atomic mass is 35.5. The number of carbonyl (C=O) groups excluding carboxylic acids is 1. The number of esters is 1. The van der Waals surface area contributed by atoms with Crippen molar-refractivity contribution in [2.45, 2.75) is 26.1 Å². The molecule has 0 unspecified atom stereocenters. The molecule has 1 aliphatic carbocycles. The normalized spacial score (nSPS) is 21.0. The predicted molar refractivity (Wildman–Crippen MR) is 108 cm³/mol. The van der Waals surface area contributed by atoms with Crippen LogP contribution in [0.25, 0.3) is 0 Å². The van der Waals surface area contributed by atoms with Crippen molar-refractivity contribution in [1.82, 2.24) is 0 Å². The van der Waals surface area contributed by atoms with Gasteiger partial charge in [-0.2, -0.15) is 18.4 Å². The fraction of sp³-hybridized carbons (Fsp3) is 0.304. The zero-order valence-corrected chi connectivity index (χ0v) is 17.4. The second-order valence-electron chi connectivity index (χ2n) is 7.77. The van der Waals surface area contributed by atoms with Crippen LogP contribution in [-0.4, -0.2) is 12.1 Å². The van der Waals surface area contributed by atoms with Crippen LogP contribution in [0.4, 0.5) is 13.2 Å². The number of rotatable bonds is 6. The molecule has 162 valence electrons. The predicted octanol–water partition coefficient (Wildman–Crippen LogP) is 6.54. The molecule has 3 atom stereocenters. The summed E-state index contributed by atoms with van der Waals surface area (Å²) in [5.41, 5.74) is -0.371. The lowest BCUT2D eigenvalue weighted by molar-refractivity contribution is -0.149. The molecule has 3 rings (SSSR count). The van der Waals surface area contributed by atoms with Gasteiger partial charge in [-0.1, -0.05) is 61.9 Å². The molecule has 0 amide bonds. The van der Waals surface area contributed by atoms with E-state index in [1.54, 1.807) is 50.2 Å². The molecule has 0 heterocycles. The Bertz CT molecular complexity index is 1030. The van der Waals surface area contributed by atoms with Crippen molar-refractivity contribution >= 4 is 17.6 Å². The molecule has 2 aromatic rings. The molecule has 0 N–H and O–H groups in total. The van der Waals surface area contributed by atoms with E-state index in [0.29, 0.717) is 17.1 Å². The molecule has 0 bridgehead atoms. The molecule has 1 saturated carbocycles. The summed E-state index contributed by atoms with van der Waals surface area (Å²) >= 11 is 5.32. The smallest absolute Gasteiger partial charge is 0.426 e. The van der Waals surface area contributed by atoms with Gasteiger partial charge in [0.25, 0.3) is 0 Å². The van der Waals surface area contributed by atoms with Crippen LogP contribution in [0.2, 0.25) is 0 Å². The molecule has 1 aliphatic rings. The Morgan fingerprint density at radius 1 is 1.16 bits per heavy atom. The Hall–Kier alpha value is -2.98. The van der Waals surface area contributed by atoms with Gasteiger partial charge >= 0.3 is 12.1 Å². The maximum absolute atomic E-state index is 12.7. The van der Waals surface area contributed by atoms with E-state index in [4.69, 9.17) is 21.1 Å². The zero-order valence-electron chi connectivity index (χ0n) is 16.7. The number of nitriles is 1. The Morgan fingerprint density at radius 2 is 1.81 bits per heavy atom. The van der Waals surface area contributed by atoms with Crippen LogP contribution >= 0.6 is 11.6 Å². The van der Waals surface area contributed by atoms with Crippen molar-refractivity contribution in [3.63, 3.8) is 0 Å². The first-order valence-corrected chi connectivity index (χ1v) is 9.79. The van der Waals surface area contributed by atoms with Crippen LogP contribution in [0, 0.1) is 28.6 Å². The highest BCUT2D eigenvalue weighted by Crippen LogP contribution is 2.60. The Labute approximate surface area is 182 Å². The fourth-order valence-corrected chi connectivity index (χ4v) is 3.55. The Kier molecular flexibility index (Phi) is 6.33. The number of hydrogen-bond donors (Lipinski definition) is 0. The highest BCUT2D eigenvalue weighted by Gasteiger charge is 2.62. The first-order valence-electron chi connectivity index (χ1n) is 9.41. The number of halogens is 4. The topological polar surface area (TPSA) is 59.3 Å². The van der Waals surface area contributed by atoms with Gasteiger partial charge in [-0.25, -0.2) is 0 Å². The summed E-state index contributed by atoms with van der Waals surface area (Å²) in [7, 11) is 0. The third kappa shape index (κ3) is 5.20. The van der Waals surface area contributed by atoms with Gasteiger partial charge in [-0.05, 0) is 35.6 Å². The Morgan fingerprint density at radius 3 is 2.42 bits per heavy atom. The van der Waals surface area contributed by atoms with Gasteiger partial charge in [-0.15, -0.1) is 0 Å². The molecule has 2 aromatic carbocycles. The number of allylic oxidation sites excluding steroid dienone is 2. The van der Waals surface area contributed by atoms with Gasteiger partial charge in [0.05, 0.1) is 5.92 Å². The summed E-state index contributed by atoms with van der Waals surface area (Å²) < 4.78 is 49.2. The van der Waals surface area contributed by atoms with Gasteiger partial charge in [0.15, 0.2) is 0 Å². The second-order valence-corrected chi connectivity index (χ2v) is 8.18. The number of hydrogen-bond acceptors (Lipinski definition) is 4. The van der Waals surface area contributed by atoms with Crippen molar-refractivity contribution in [2.24, 2.45) is 17.3 Å². The van der Waals surface area contributed by atoms with Crippen LogP contribution in [0.1, 0.15) is 25.5 Å². The fourth-order valence-electron chi connectivity index (χ4n) is 3.42. The van der Waals surface area contributed by atoms with Crippen molar-refractivity contribution < 1.29 is 27.4 Å². The van der Waals surface area contributed by atoms with E-state index < -0.39 is 40.5 Å². The lowest BCUT2D eigenvalue weighted by atomic mass is 10.1. The molecule has 0 saturated heterocycles. The number of ether oxygens (including phenoxy) is 2. The number of benzene rings is 2. The van der Waals surface area contributed by atoms with Gasteiger partial charge in [-0.3, -0.25) is 4.79 Å². The largest absolute Gasteiger partial charge is 0.457 e. The maximum Gasteiger partial charge on any atom is 0.426 e. The third-order valence-electron chi connectivity index (χ3n) is 5.25. The van der Waals surface area contributed by atoms with E-state index in [9.17, 15) is 23.2 Å². The molecule has 0 radical (unpaired) electrons.